The quantitative estimate of drug-likeness (QED) is 0.482. The molecule has 0 radical (unpaired) electrons. The average molecular weight is 480 g/mol. The van der Waals surface area contributed by atoms with E-state index in [1.54, 1.807) is 11.0 Å². The van der Waals surface area contributed by atoms with Crippen molar-refractivity contribution in [3.05, 3.63) is 64.1 Å². The van der Waals surface area contributed by atoms with Crippen LogP contribution in [0.25, 0.3) is 5.57 Å². The van der Waals surface area contributed by atoms with Gasteiger partial charge in [-0.1, -0.05) is 73.7 Å². The molecule has 2 aliphatic heterocycles. The number of unbranched alkanes of at least 4 members (excludes halogenated alkanes) is 1. The third-order valence-electron chi connectivity index (χ3n) is 5.78. The molecule has 0 unspecified atom stereocenters. The van der Waals surface area contributed by atoms with E-state index in [1.807, 2.05) is 57.2 Å². The van der Waals surface area contributed by atoms with Crippen LogP contribution in [-0.4, -0.2) is 40.0 Å². The molecule has 0 aliphatic carbocycles. The van der Waals surface area contributed by atoms with Crippen molar-refractivity contribution < 1.29 is 14.4 Å². The van der Waals surface area contributed by atoms with E-state index in [0.29, 0.717) is 32.6 Å². The Balaban J connectivity index is 1.64. The van der Waals surface area contributed by atoms with Crippen molar-refractivity contribution in [2.24, 2.45) is 0 Å². The van der Waals surface area contributed by atoms with Crippen LogP contribution in [-0.2, 0) is 14.4 Å². The molecule has 33 heavy (non-hydrogen) atoms. The molecule has 0 saturated carbocycles. The van der Waals surface area contributed by atoms with E-state index in [9.17, 15) is 14.4 Å². The Morgan fingerprint density at radius 2 is 1.70 bits per heavy atom. The van der Waals surface area contributed by atoms with Gasteiger partial charge in [-0.2, -0.15) is 0 Å². The van der Waals surface area contributed by atoms with Gasteiger partial charge in [0.15, 0.2) is 0 Å². The number of thiocarbonyl (C=S) groups is 1. The molecule has 4 rings (SSSR count). The van der Waals surface area contributed by atoms with Crippen molar-refractivity contribution in [1.29, 1.82) is 0 Å². The Bertz CT molecular complexity index is 1180. The number of nitrogens with zero attached hydrogens (tertiary/aromatic N) is 2. The van der Waals surface area contributed by atoms with Crippen molar-refractivity contribution >= 4 is 63.0 Å². The summed E-state index contributed by atoms with van der Waals surface area (Å²) in [6.07, 6.45) is 1.78. The molecule has 1 fully saturated rings. The van der Waals surface area contributed by atoms with Gasteiger partial charge in [0.1, 0.15) is 10.9 Å². The Labute approximate surface area is 203 Å². The van der Waals surface area contributed by atoms with Crippen molar-refractivity contribution in [3.8, 4) is 0 Å². The normalized spacial score (nSPS) is 17.7. The highest BCUT2D eigenvalue weighted by atomic mass is 32.2. The molecule has 0 bridgehead atoms. The molecule has 8 heteroatoms. The summed E-state index contributed by atoms with van der Waals surface area (Å²) in [5.74, 6) is -0.894. The number of anilines is 2. The maximum absolute atomic E-state index is 13.5. The molecule has 1 N–H and O–H groups in total. The standard InChI is InChI=1S/C25H25N3O3S2/c1-4-5-13-27-24(31)22(33-25(27)32)20-17-11-6-7-12-18(17)28(23(20)30)14-19(29)26-21-15(2)9-8-10-16(21)3/h6-12H,4-5,13-14H2,1-3H3,(H,26,29)/b22-20-. The smallest absolute Gasteiger partial charge is 0.267 e. The molecule has 2 aliphatic rings. The molecule has 2 aromatic carbocycles. The van der Waals surface area contributed by atoms with E-state index in [2.05, 4.69) is 5.32 Å². The molecule has 6 nitrogen and oxygen atoms in total. The Morgan fingerprint density at radius 3 is 2.39 bits per heavy atom. The second-order valence-corrected chi connectivity index (χ2v) is 9.75. The maximum atomic E-state index is 13.5. The Morgan fingerprint density at radius 1 is 1.00 bits per heavy atom. The van der Waals surface area contributed by atoms with E-state index in [4.69, 9.17) is 12.2 Å². The van der Waals surface area contributed by atoms with E-state index < -0.39 is 0 Å². The number of amides is 3. The third kappa shape index (κ3) is 4.32. The minimum absolute atomic E-state index is 0.150. The number of hydrogen-bond donors (Lipinski definition) is 1. The first-order chi connectivity index (χ1) is 15.8. The van der Waals surface area contributed by atoms with Crippen LogP contribution >= 0.6 is 24.0 Å². The van der Waals surface area contributed by atoms with E-state index in [0.717, 1.165) is 41.4 Å². The zero-order valence-electron chi connectivity index (χ0n) is 18.8. The SMILES string of the molecule is CCCCN1C(=O)/C(=C2/C(=O)N(CC(=O)Nc3c(C)cccc3C)c3ccccc32)SC1=S. The van der Waals surface area contributed by atoms with Crippen molar-refractivity contribution in [2.45, 2.75) is 33.6 Å². The summed E-state index contributed by atoms with van der Waals surface area (Å²) in [4.78, 5) is 42.9. The Hall–Kier alpha value is -2.97. The lowest BCUT2D eigenvalue weighted by atomic mass is 10.1. The lowest BCUT2D eigenvalue weighted by Gasteiger charge is -2.18. The number of fused-ring (bicyclic) bond motifs is 1. The minimum Gasteiger partial charge on any atom is -0.324 e. The topological polar surface area (TPSA) is 69.7 Å². The van der Waals surface area contributed by atoms with Crippen molar-refractivity contribution in [1.82, 2.24) is 4.90 Å². The summed E-state index contributed by atoms with van der Waals surface area (Å²) >= 11 is 6.59. The summed E-state index contributed by atoms with van der Waals surface area (Å²) in [6.45, 7) is 6.29. The number of thioether (sulfide) groups is 1. The van der Waals surface area contributed by atoms with Crippen LogP contribution in [0.4, 0.5) is 11.4 Å². The molecule has 2 aromatic rings. The zero-order valence-corrected chi connectivity index (χ0v) is 20.4. The van der Waals surface area contributed by atoms with Crippen LogP contribution in [0.2, 0.25) is 0 Å². The second kappa shape index (κ2) is 9.49. The van der Waals surface area contributed by atoms with E-state index in [1.165, 1.54) is 4.90 Å². The number of para-hydroxylation sites is 2. The fourth-order valence-corrected chi connectivity index (χ4v) is 5.43. The van der Waals surface area contributed by atoms with Gasteiger partial charge in [0.25, 0.3) is 11.8 Å². The van der Waals surface area contributed by atoms with Crippen LogP contribution in [0.1, 0.15) is 36.5 Å². The number of carbonyl (C=O) groups is 3. The van der Waals surface area contributed by atoms with Crippen LogP contribution in [0.3, 0.4) is 0 Å². The fourth-order valence-electron chi connectivity index (χ4n) is 4.05. The van der Waals surface area contributed by atoms with Gasteiger partial charge >= 0.3 is 0 Å². The molecule has 0 aromatic heterocycles. The van der Waals surface area contributed by atoms with Gasteiger partial charge in [0.2, 0.25) is 5.91 Å². The molecule has 0 atom stereocenters. The summed E-state index contributed by atoms with van der Waals surface area (Å²) in [7, 11) is 0. The third-order valence-corrected chi connectivity index (χ3v) is 7.23. The summed E-state index contributed by atoms with van der Waals surface area (Å²) < 4.78 is 0.465. The summed E-state index contributed by atoms with van der Waals surface area (Å²) in [5.41, 5.74) is 4.24. The van der Waals surface area contributed by atoms with Gasteiger partial charge in [-0.15, -0.1) is 0 Å². The average Bonchev–Trinajstić information content (AvgIpc) is 3.22. The lowest BCUT2D eigenvalue weighted by Crippen LogP contribution is -2.36. The van der Waals surface area contributed by atoms with E-state index in [-0.39, 0.29) is 24.3 Å². The molecular weight excluding hydrogens is 454 g/mol. The van der Waals surface area contributed by atoms with Crippen LogP contribution in [0.15, 0.2) is 47.4 Å². The highest BCUT2D eigenvalue weighted by molar-refractivity contribution is 8.26. The van der Waals surface area contributed by atoms with Crippen molar-refractivity contribution in [3.63, 3.8) is 0 Å². The Kier molecular flexibility index (Phi) is 6.67. The molecule has 0 spiro atoms. The lowest BCUT2D eigenvalue weighted by molar-refractivity contribution is -0.122. The van der Waals surface area contributed by atoms with Gasteiger partial charge in [0.05, 0.1) is 16.2 Å². The number of nitrogens with one attached hydrogen (secondary N) is 1. The largest absolute Gasteiger partial charge is 0.324 e. The first-order valence-corrected chi connectivity index (χ1v) is 12.1. The number of carbonyl (C=O) groups excluding carboxylic acids is 3. The zero-order chi connectivity index (χ0) is 23.7. The summed E-state index contributed by atoms with van der Waals surface area (Å²) in [5, 5.41) is 2.94. The first kappa shape index (κ1) is 23.2. The number of aryl methyl sites for hydroxylation is 2. The number of hydrogen-bond acceptors (Lipinski definition) is 5. The molecule has 1 saturated heterocycles. The van der Waals surface area contributed by atoms with Crippen molar-refractivity contribution in [2.75, 3.05) is 23.3 Å². The fraction of sp³-hybridized carbons (Fsp3) is 0.280. The summed E-state index contributed by atoms with van der Waals surface area (Å²) in [6, 6.07) is 13.0. The predicted molar refractivity (Wildman–Crippen MR) is 137 cm³/mol. The second-order valence-electron chi connectivity index (χ2n) is 8.11. The maximum Gasteiger partial charge on any atom is 0.267 e. The van der Waals surface area contributed by atoms with Crippen LogP contribution < -0.4 is 10.2 Å². The molecule has 2 heterocycles. The monoisotopic (exact) mass is 479 g/mol. The number of rotatable bonds is 6. The highest BCUT2D eigenvalue weighted by Gasteiger charge is 2.42. The van der Waals surface area contributed by atoms with Gasteiger partial charge in [-0.05, 0) is 37.5 Å². The molecule has 170 valence electrons. The van der Waals surface area contributed by atoms with Gasteiger partial charge < -0.3 is 5.32 Å². The predicted octanol–water partition coefficient (Wildman–Crippen LogP) is 4.66. The van der Waals surface area contributed by atoms with Gasteiger partial charge in [-0.25, -0.2) is 0 Å². The first-order valence-electron chi connectivity index (χ1n) is 10.9. The molecule has 3 amide bonds. The highest BCUT2D eigenvalue weighted by Crippen LogP contribution is 2.44. The number of benzene rings is 2. The van der Waals surface area contributed by atoms with Crippen LogP contribution in [0.5, 0.6) is 0 Å². The molecular formula is C25H25N3O3S2. The van der Waals surface area contributed by atoms with Crippen LogP contribution in [0, 0.1) is 13.8 Å². The minimum atomic E-state index is -0.358. The van der Waals surface area contributed by atoms with Gasteiger partial charge in [-0.3, -0.25) is 24.2 Å². The van der Waals surface area contributed by atoms with E-state index >= 15 is 0 Å². The van der Waals surface area contributed by atoms with Gasteiger partial charge in [0, 0.05) is 17.8 Å².